The summed E-state index contributed by atoms with van der Waals surface area (Å²) in [6, 6.07) is 9.57. The number of carbonyl (C=O) groups is 1. The summed E-state index contributed by atoms with van der Waals surface area (Å²) in [6.45, 7) is 5.85. The van der Waals surface area contributed by atoms with Crippen LogP contribution in [0, 0.1) is 0 Å². The van der Waals surface area contributed by atoms with E-state index >= 15 is 0 Å². The van der Waals surface area contributed by atoms with Gasteiger partial charge in [0, 0.05) is 6.42 Å². The summed E-state index contributed by atoms with van der Waals surface area (Å²) in [7, 11) is 0. The first-order valence-corrected chi connectivity index (χ1v) is 7.04. The van der Waals surface area contributed by atoms with Gasteiger partial charge in [-0.1, -0.05) is 43.8 Å². The van der Waals surface area contributed by atoms with Gasteiger partial charge in [0.15, 0.2) is 0 Å². The van der Waals surface area contributed by atoms with Crippen LogP contribution in [-0.2, 0) is 6.42 Å². The lowest BCUT2D eigenvalue weighted by Gasteiger charge is -2.10. The summed E-state index contributed by atoms with van der Waals surface area (Å²) in [6.07, 6.45) is 0.718. The van der Waals surface area contributed by atoms with E-state index in [1.54, 1.807) is 0 Å². The molecule has 0 bridgehead atoms. The molecule has 1 aromatic heterocycles. The van der Waals surface area contributed by atoms with Crippen molar-refractivity contribution >= 4 is 28.1 Å². The lowest BCUT2D eigenvalue weighted by Crippen LogP contribution is -2.36. The van der Waals surface area contributed by atoms with Crippen molar-refractivity contribution in [3.8, 4) is 0 Å². The van der Waals surface area contributed by atoms with Crippen molar-refractivity contribution in [1.82, 2.24) is 10.9 Å². The van der Waals surface area contributed by atoms with Gasteiger partial charge in [-0.2, -0.15) is 0 Å². The molecule has 0 aliphatic rings. The minimum atomic E-state index is -0.225. The largest absolute Gasteiger partial charge is 0.330 e. The van der Waals surface area contributed by atoms with Crippen molar-refractivity contribution < 1.29 is 9.78 Å². The Morgan fingerprint density at radius 1 is 1.35 bits per heavy atom. The Balaban J connectivity index is 2.00. The van der Waals surface area contributed by atoms with Gasteiger partial charge in [-0.05, 0) is 16.9 Å². The number of aryl methyl sites for hydroxylation is 1. The second kappa shape index (κ2) is 6.21. The maximum atomic E-state index is 12.1. The number of hydrogen-bond donors (Lipinski definition) is 3. The zero-order valence-corrected chi connectivity index (χ0v) is 12.0. The molecule has 104 valence electrons. The van der Waals surface area contributed by atoms with Gasteiger partial charge >= 0.3 is 5.13 Å². The van der Waals surface area contributed by atoms with Crippen molar-refractivity contribution in [1.29, 1.82) is 0 Å². The summed E-state index contributed by atoms with van der Waals surface area (Å²) in [5, 5.41) is 0.522. The Morgan fingerprint density at radius 2 is 2.05 bits per heavy atom. The molecular weight excluding hydrogens is 272 g/mol. The van der Waals surface area contributed by atoms with Crippen LogP contribution in [0.5, 0.6) is 0 Å². The van der Waals surface area contributed by atoms with E-state index in [9.17, 15) is 4.79 Å². The molecule has 5 nitrogen and oxygen atoms in total. The average molecular weight is 289 g/mol. The third-order valence-corrected chi connectivity index (χ3v) is 3.73. The highest BCUT2D eigenvalue weighted by atomic mass is 32.1. The molecule has 0 radical (unpaired) electrons. The highest BCUT2D eigenvalue weighted by Crippen LogP contribution is 2.16. The molecule has 6 heteroatoms. The van der Waals surface area contributed by atoms with E-state index in [4.69, 9.17) is 5.73 Å². The summed E-state index contributed by atoms with van der Waals surface area (Å²) in [5.74, 6) is -0.225. The number of carbonyl (C=O) groups excluding carboxylic acids is 1. The van der Waals surface area contributed by atoms with Crippen LogP contribution in [0.15, 0.2) is 36.9 Å². The van der Waals surface area contributed by atoms with Crippen LogP contribution in [0.2, 0.25) is 0 Å². The molecule has 0 spiro atoms. The van der Waals surface area contributed by atoms with Crippen LogP contribution in [0.3, 0.4) is 0 Å². The number of anilines is 1. The molecule has 0 saturated carbocycles. The Labute approximate surface area is 121 Å². The summed E-state index contributed by atoms with van der Waals surface area (Å²) in [5.41, 5.74) is 13.5. The zero-order chi connectivity index (χ0) is 14.5. The SMILES string of the molecule is C=C(NNC(=O)c1sc(N)[nH+]c1CC)c1ccccc1. The first-order valence-electron chi connectivity index (χ1n) is 6.23. The van der Waals surface area contributed by atoms with Gasteiger partial charge in [0.05, 0.1) is 5.70 Å². The molecule has 0 atom stereocenters. The van der Waals surface area contributed by atoms with Gasteiger partial charge in [0.1, 0.15) is 10.6 Å². The number of hydrogen-bond acceptors (Lipinski definition) is 4. The molecule has 1 heterocycles. The minimum absolute atomic E-state index is 0.225. The number of nitrogens with two attached hydrogens (primary N) is 1. The highest BCUT2D eigenvalue weighted by molar-refractivity contribution is 7.16. The third-order valence-electron chi connectivity index (χ3n) is 2.77. The molecule has 0 unspecified atom stereocenters. The molecule has 1 amide bonds. The second-order valence-corrected chi connectivity index (χ2v) is 5.23. The van der Waals surface area contributed by atoms with E-state index in [-0.39, 0.29) is 5.91 Å². The number of nitrogen functional groups attached to an aromatic ring is 1. The number of benzene rings is 1. The maximum Gasteiger partial charge on any atom is 0.330 e. The smallest absolute Gasteiger partial charge is 0.298 e. The zero-order valence-electron chi connectivity index (χ0n) is 11.2. The Kier molecular flexibility index (Phi) is 4.37. The number of H-pyrrole nitrogens is 1. The van der Waals surface area contributed by atoms with Gasteiger partial charge in [0.25, 0.3) is 5.91 Å². The monoisotopic (exact) mass is 289 g/mol. The number of hydrazine groups is 1. The van der Waals surface area contributed by atoms with Crippen LogP contribution in [-0.4, -0.2) is 5.91 Å². The standard InChI is InChI=1S/C14H16N4OS/c1-3-11-12(20-14(15)16-11)13(19)18-17-9(2)10-7-5-4-6-8-10/h4-8,17H,2-3H2,1H3,(H2,15,16)(H,18,19)/p+1. The molecule has 1 aromatic carbocycles. The summed E-state index contributed by atoms with van der Waals surface area (Å²) >= 11 is 1.24. The van der Waals surface area contributed by atoms with Gasteiger partial charge in [-0.3, -0.25) is 21.4 Å². The van der Waals surface area contributed by atoms with E-state index in [0.29, 0.717) is 15.7 Å². The van der Waals surface area contributed by atoms with Crippen molar-refractivity contribution in [2.45, 2.75) is 13.3 Å². The van der Waals surface area contributed by atoms with E-state index < -0.39 is 0 Å². The van der Waals surface area contributed by atoms with Crippen LogP contribution in [0.1, 0.15) is 27.9 Å². The van der Waals surface area contributed by atoms with E-state index in [1.807, 2.05) is 37.3 Å². The van der Waals surface area contributed by atoms with Crippen molar-refractivity contribution in [3.63, 3.8) is 0 Å². The van der Waals surface area contributed by atoms with E-state index in [0.717, 1.165) is 17.7 Å². The minimum Gasteiger partial charge on any atom is -0.298 e. The fraction of sp³-hybridized carbons (Fsp3) is 0.143. The number of thiazole rings is 1. The Morgan fingerprint density at radius 3 is 2.70 bits per heavy atom. The van der Waals surface area contributed by atoms with Crippen molar-refractivity contribution in [2.24, 2.45) is 0 Å². The average Bonchev–Trinajstić information content (AvgIpc) is 2.86. The molecule has 0 fully saturated rings. The normalized spacial score (nSPS) is 10.1. The maximum absolute atomic E-state index is 12.1. The molecule has 0 aliphatic carbocycles. The topological polar surface area (TPSA) is 81.3 Å². The van der Waals surface area contributed by atoms with E-state index in [2.05, 4.69) is 22.4 Å². The predicted octanol–water partition coefficient (Wildman–Crippen LogP) is 1.61. The van der Waals surface area contributed by atoms with Gasteiger partial charge in [0.2, 0.25) is 0 Å². The van der Waals surface area contributed by atoms with Crippen molar-refractivity contribution in [2.75, 3.05) is 5.73 Å². The second-order valence-electron chi connectivity index (χ2n) is 4.18. The number of aromatic nitrogens is 1. The van der Waals surface area contributed by atoms with Crippen LogP contribution in [0.4, 0.5) is 5.13 Å². The summed E-state index contributed by atoms with van der Waals surface area (Å²) in [4.78, 5) is 15.7. The molecule has 2 rings (SSSR count). The molecule has 20 heavy (non-hydrogen) atoms. The lowest BCUT2D eigenvalue weighted by atomic mass is 10.2. The van der Waals surface area contributed by atoms with Crippen LogP contribution >= 0.6 is 11.3 Å². The number of aromatic amines is 1. The third kappa shape index (κ3) is 3.16. The van der Waals surface area contributed by atoms with Gasteiger partial charge in [-0.15, -0.1) is 0 Å². The summed E-state index contributed by atoms with van der Waals surface area (Å²) < 4.78 is 0. The molecule has 5 N–H and O–H groups in total. The quantitative estimate of drug-likeness (QED) is 0.731. The highest BCUT2D eigenvalue weighted by Gasteiger charge is 2.19. The molecule has 0 saturated heterocycles. The first kappa shape index (κ1) is 14.1. The van der Waals surface area contributed by atoms with Gasteiger partial charge in [-0.25, -0.2) is 4.98 Å². The Hall–Kier alpha value is -2.34. The molecule has 2 aromatic rings. The number of nitrogens with one attached hydrogen (secondary N) is 3. The fourth-order valence-corrected chi connectivity index (χ4v) is 2.59. The molecule has 0 aliphatic heterocycles. The molecular formula is C14H17N4OS+. The van der Waals surface area contributed by atoms with E-state index in [1.165, 1.54) is 11.3 Å². The van der Waals surface area contributed by atoms with Crippen LogP contribution in [0.25, 0.3) is 5.70 Å². The van der Waals surface area contributed by atoms with Gasteiger partial charge < -0.3 is 0 Å². The fourth-order valence-electron chi connectivity index (χ4n) is 1.74. The van der Waals surface area contributed by atoms with Crippen LogP contribution < -0.4 is 21.6 Å². The predicted molar refractivity (Wildman–Crippen MR) is 80.7 cm³/mol. The van der Waals surface area contributed by atoms with Crippen molar-refractivity contribution in [3.05, 3.63) is 53.0 Å². The number of amides is 1. The Bertz CT molecular complexity index is 621. The number of rotatable bonds is 5. The lowest BCUT2D eigenvalue weighted by molar-refractivity contribution is -0.366. The first-order chi connectivity index (χ1) is 9.61.